The van der Waals surface area contributed by atoms with Crippen LogP contribution in [0.15, 0.2) is 164 Å². The number of rotatable bonds is 5. The van der Waals surface area contributed by atoms with Gasteiger partial charge in [-0.25, -0.2) is 9.97 Å². The maximum atomic E-state index is 5.34. The summed E-state index contributed by atoms with van der Waals surface area (Å²) >= 11 is 0. The van der Waals surface area contributed by atoms with Crippen molar-refractivity contribution < 1.29 is 0 Å². The smallest absolute Gasteiger partial charge is 0.160 e. The summed E-state index contributed by atoms with van der Waals surface area (Å²) in [5.74, 6) is 0.704. The summed E-state index contributed by atoms with van der Waals surface area (Å²) in [6, 6.07) is 53.8. The molecule has 3 nitrogen and oxygen atoms in total. The molecule has 2 aromatic heterocycles. The molecule has 3 heteroatoms. The van der Waals surface area contributed by atoms with Crippen molar-refractivity contribution in [3.8, 4) is 67.3 Å². The summed E-state index contributed by atoms with van der Waals surface area (Å²) in [5, 5.41) is 2.57. The highest BCUT2D eigenvalue weighted by molar-refractivity contribution is 6.01. The van der Waals surface area contributed by atoms with Crippen LogP contribution in [0.4, 0.5) is 0 Å². The van der Waals surface area contributed by atoms with Crippen LogP contribution in [0.25, 0.3) is 78.1 Å². The predicted octanol–water partition coefficient (Wildman–Crippen LogP) is 11.7. The lowest BCUT2D eigenvalue weighted by atomic mass is 9.80. The van der Waals surface area contributed by atoms with Gasteiger partial charge in [0.05, 0.1) is 11.4 Å². The Morgan fingerprint density at radius 2 is 1.16 bits per heavy atom. The summed E-state index contributed by atoms with van der Waals surface area (Å²) in [6.45, 7) is 4.70. The van der Waals surface area contributed by atoms with Crippen molar-refractivity contribution in [1.82, 2.24) is 15.0 Å². The van der Waals surface area contributed by atoms with Crippen LogP contribution < -0.4 is 0 Å². The van der Waals surface area contributed by atoms with Crippen molar-refractivity contribution in [2.45, 2.75) is 19.3 Å². The fourth-order valence-electron chi connectivity index (χ4n) is 7.56. The molecule has 1 aliphatic carbocycles. The monoisotopic (exact) mass is 627 g/mol. The van der Waals surface area contributed by atoms with E-state index < -0.39 is 0 Å². The van der Waals surface area contributed by atoms with E-state index in [9.17, 15) is 0 Å². The molecule has 6 aromatic carbocycles. The minimum atomic E-state index is -0.160. The van der Waals surface area contributed by atoms with Crippen molar-refractivity contribution in [2.75, 3.05) is 0 Å². The van der Waals surface area contributed by atoms with E-state index in [2.05, 4.69) is 158 Å². The van der Waals surface area contributed by atoms with Crippen molar-refractivity contribution in [1.29, 1.82) is 0 Å². The first kappa shape index (κ1) is 29.0. The number of fused-ring (bicyclic) bond motifs is 5. The maximum absolute atomic E-state index is 5.34. The van der Waals surface area contributed by atoms with Crippen LogP contribution in [0.1, 0.15) is 25.0 Å². The molecule has 0 radical (unpaired) electrons. The third kappa shape index (κ3) is 4.94. The Morgan fingerprint density at radius 1 is 0.469 bits per heavy atom. The highest BCUT2D eigenvalue weighted by Crippen LogP contribution is 2.54. The molecule has 1 aliphatic rings. The summed E-state index contributed by atoms with van der Waals surface area (Å²) in [6.07, 6.45) is 3.70. The number of pyridine rings is 1. The van der Waals surface area contributed by atoms with Gasteiger partial charge in [0, 0.05) is 34.5 Å². The van der Waals surface area contributed by atoms with Crippen molar-refractivity contribution >= 4 is 10.8 Å². The van der Waals surface area contributed by atoms with E-state index in [-0.39, 0.29) is 5.41 Å². The zero-order chi connectivity index (χ0) is 33.0. The van der Waals surface area contributed by atoms with Crippen molar-refractivity contribution in [3.63, 3.8) is 0 Å². The van der Waals surface area contributed by atoms with Gasteiger partial charge < -0.3 is 0 Å². The first-order valence-corrected chi connectivity index (χ1v) is 16.8. The van der Waals surface area contributed by atoms with E-state index in [4.69, 9.17) is 9.97 Å². The number of hydrogen-bond acceptors (Lipinski definition) is 3. The normalized spacial score (nSPS) is 12.9. The molecular weight excluding hydrogens is 595 g/mol. The first-order chi connectivity index (χ1) is 24.0. The zero-order valence-corrected chi connectivity index (χ0v) is 27.4. The van der Waals surface area contributed by atoms with Gasteiger partial charge in [0.15, 0.2) is 5.82 Å². The number of hydrogen-bond donors (Lipinski definition) is 0. The van der Waals surface area contributed by atoms with Gasteiger partial charge in [0.2, 0.25) is 0 Å². The lowest BCUT2D eigenvalue weighted by Gasteiger charge is -2.23. The average molecular weight is 628 g/mol. The Kier molecular flexibility index (Phi) is 6.80. The van der Waals surface area contributed by atoms with Gasteiger partial charge >= 0.3 is 0 Å². The average Bonchev–Trinajstić information content (AvgIpc) is 3.42. The second kappa shape index (κ2) is 11.5. The van der Waals surface area contributed by atoms with Crippen LogP contribution in [0.5, 0.6) is 0 Å². The lowest BCUT2D eigenvalue weighted by molar-refractivity contribution is 0.666. The second-order valence-corrected chi connectivity index (χ2v) is 13.3. The van der Waals surface area contributed by atoms with Crippen molar-refractivity contribution in [2.24, 2.45) is 0 Å². The van der Waals surface area contributed by atoms with Crippen LogP contribution in [0.3, 0.4) is 0 Å². The van der Waals surface area contributed by atoms with Crippen LogP contribution in [0.2, 0.25) is 0 Å². The molecule has 0 fully saturated rings. The summed E-state index contributed by atoms with van der Waals surface area (Å²) in [5.41, 5.74) is 14.5. The van der Waals surface area contributed by atoms with Gasteiger partial charge in [0.1, 0.15) is 0 Å². The molecule has 2 heterocycles. The van der Waals surface area contributed by atoms with Crippen molar-refractivity contribution in [3.05, 3.63) is 175 Å². The van der Waals surface area contributed by atoms with Gasteiger partial charge in [-0.05, 0) is 73.5 Å². The molecular formula is C46H33N3. The zero-order valence-electron chi connectivity index (χ0n) is 27.4. The fourth-order valence-corrected chi connectivity index (χ4v) is 7.56. The quantitative estimate of drug-likeness (QED) is 0.191. The van der Waals surface area contributed by atoms with Crippen LogP contribution in [-0.2, 0) is 5.41 Å². The molecule has 0 spiro atoms. The van der Waals surface area contributed by atoms with Crippen LogP contribution in [-0.4, -0.2) is 15.0 Å². The third-order valence-electron chi connectivity index (χ3n) is 9.97. The molecule has 0 atom stereocenters. The third-order valence-corrected chi connectivity index (χ3v) is 9.97. The molecule has 8 aromatic rings. The Labute approximate surface area is 286 Å². The maximum Gasteiger partial charge on any atom is 0.160 e. The fraction of sp³-hybridized carbons (Fsp3) is 0.0652. The van der Waals surface area contributed by atoms with Gasteiger partial charge in [0.25, 0.3) is 0 Å². The van der Waals surface area contributed by atoms with Gasteiger partial charge in [-0.15, -0.1) is 0 Å². The standard InChI is InChI=1S/C46H33N3/c1-46(2)40-19-9-18-38(43(40)39-25-24-32-13-6-7-17-37(32)44(39)46)42-28-41(33-22-20-31(21-23-33)36-16-10-26-47-29-36)48-45(49-42)35-15-8-14-34(27-35)30-11-4-3-5-12-30/h3-29H,1-2H3. The molecule has 0 aliphatic heterocycles. The molecule has 0 unspecified atom stereocenters. The molecule has 9 rings (SSSR count). The van der Waals surface area contributed by atoms with E-state index in [1.54, 1.807) is 6.20 Å². The first-order valence-electron chi connectivity index (χ1n) is 16.8. The molecule has 49 heavy (non-hydrogen) atoms. The van der Waals surface area contributed by atoms with E-state index >= 15 is 0 Å². The predicted molar refractivity (Wildman–Crippen MR) is 202 cm³/mol. The Morgan fingerprint density at radius 3 is 2.00 bits per heavy atom. The highest BCUT2D eigenvalue weighted by atomic mass is 14.9. The molecule has 0 saturated carbocycles. The van der Waals surface area contributed by atoms with Gasteiger partial charge in [-0.1, -0.05) is 147 Å². The molecule has 0 amide bonds. The Bertz CT molecular complexity index is 2500. The summed E-state index contributed by atoms with van der Waals surface area (Å²) < 4.78 is 0. The van der Waals surface area contributed by atoms with Gasteiger partial charge in [-0.2, -0.15) is 0 Å². The van der Waals surface area contributed by atoms with E-state index in [1.807, 2.05) is 18.3 Å². The lowest BCUT2D eigenvalue weighted by Crippen LogP contribution is -2.15. The number of aromatic nitrogens is 3. The van der Waals surface area contributed by atoms with E-state index in [1.165, 1.54) is 38.6 Å². The largest absolute Gasteiger partial charge is 0.264 e. The van der Waals surface area contributed by atoms with E-state index in [0.717, 1.165) is 44.8 Å². The SMILES string of the molecule is CC1(C)c2cccc(-c3cc(-c4ccc(-c5cccnc5)cc4)nc(-c4cccc(-c5ccccc5)c4)n3)c2-c2ccc3ccccc3c21. The second-order valence-electron chi connectivity index (χ2n) is 13.3. The molecule has 0 N–H and O–H groups in total. The minimum absolute atomic E-state index is 0.160. The summed E-state index contributed by atoms with van der Waals surface area (Å²) in [7, 11) is 0. The number of benzene rings is 6. The Hall–Kier alpha value is -6.19. The molecule has 0 saturated heterocycles. The number of nitrogens with zero attached hydrogens (tertiary/aromatic N) is 3. The van der Waals surface area contributed by atoms with Gasteiger partial charge in [-0.3, -0.25) is 4.98 Å². The summed E-state index contributed by atoms with van der Waals surface area (Å²) in [4.78, 5) is 14.9. The molecule has 0 bridgehead atoms. The Balaban J connectivity index is 1.25. The molecule has 232 valence electrons. The minimum Gasteiger partial charge on any atom is -0.264 e. The topological polar surface area (TPSA) is 38.7 Å². The van der Waals surface area contributed by atoms with Crippen LogP contribution >= 0.6 is 0 Å². The highest BCUT2D eigenvalue weighted by Gasteiger charge is 2.38. The van der Waals surface area contributed by atoms with Crippen LogP contribution in [0, 0.1) is 0 Å². The van der Waals surface area contributed by atoms with E-state index in [0.29, 0.717) is 5.82 Å².